The number of alkyl halides is 1. The Bertz CT molecular complexity index is 539. The highest BCUT2D eigenvalue weighted by atomic mass is 35.5. The smallest absolute Gasteiger partial charge is 0.0904 e. The van der Waals surface area contributed by atoms with Gasteiger partial charge >= 0.3 is 0 Å². The highest BCUT2D eigenvalue weighted by molar-refractivity contribution is 6.30. The number of rotatable bonds is 6. The van der Waals surface area contributed by atoms with Gasteiger partial charge in [-0.25, -0.2) is 0 Å². The van der Waals surface area contributed by atoms with E-state index < -0.39 is 0 Å². The van der Waals surface area contributed by atoms with Crippen LogP contribution in [0.25, 0.3) is 0 Å². The zero-order chi connectivity index (χ0) is 14.4. The lowest BCUT2D eigenvalue weighted by Gasteiger charge is -2.19. The van der Waals surface area contributed by atoms with Crippen LogP contribution in [0.3, 0.4) is 0 Å². The Morgan fingerprint density at radius 3 is 2.50 bits per heavy atom. The Balaban J connectivity index is 2.24. The van der Waals surface area contributed by atoms with Crippen molar-refractivity contribution in [2.75, 3.05) is 18.2 Å². The van der Waals surface area contributed by atoms with Crippen LogP contribution in [0.4, 0.5) is 5.69 Å². The molecule has 0 aromatic heterocycles. The zero-order valence-corrected chi connectivity index (χ0v) is 12.9. The van der Waals surface area contributed by atoms with Gasteiger partial charge in [0.25, 0.3) is 0 Å². The number of halogens is 2. The Kier molecular flexibility index (Phi) is 5.72. The first kappa shape index (κ1) is 15.2. The van der Waals surface area contributed by atoms with E-state index >= 15 is 0 Å². The van der Waals surface area contributed by atoms with Crippen molar-refractivity contribution in [1.29, 1.82) is 0 Å². The molecular formula is C16H18Cl2N2. The predicted molar refractivity (Wildman–Crippen MR) is 87.9 cm³/mol. The molecular weight excluding hydrogens is 291 g/mol. The van der Waals surface area contributed by atoms with Crippen molar-refractivity contribution in [1.82, 2.24) is 5.32 Å². The van der Waals surface area contributed by atoms with E-state index in [0.29, 0.717) is 5.88 Å². The maximum absolute atomic E-state index is 6.12. The van der Waals surface area contributed by atoms with E-state index in [-0.39, 0.29) is 6.17 Å². The molecule has 2 nitrogen and oxygen atoms in total. The molecule has 0 aliphatic carbocycles. The molecule has 0 heterocycles. The highest BCUT2D eigenvalue weighted by Crippen LogP contribution is 2.24. The van der Waals surface area contributed by atoms with Gasteiger partial charge in [-0.15, -0.1) is 11.6 Å². The molecule has 2 N–H and O–H groups in total. The maximum atomic E-state index is 6.12. The third-order valence-electron chi connectivity index (χ3n) is 3.14. The second-order valence-corrected chi connectivity index (χ2v) is 5.35. The Hall–Kier alpha value is -1.22. The van der Waals surface area contributed by atoms with Gasteiger partial charge in [-0.1, -0.05) is 41.9 Å². The van der Waals surface area contributed by atoms with Gasteiger partial charge in [0.2, 0.25) is 0 Å². The van der Waals surface area contributed by atoms with Crippen molar-refractivity contribution in [3.8, 4) is 0 Å². The largest absolute Gasteiger partial charge is 0.369 e. The van der Waals surface area contributed by atoms with Crippen molar-refractivity contribution < 1.29 is 0 Å². The van der Waals surface area contributed by atoms with Crippen LogP contribution in [-0.4, -0.2) is 19.1 Å². The summed E-state index contributed by atoms with van der Waals surface area (Å²) in [7, 11) is 1.88. The second-order valence-electron chi connectivity index (χ2n) is 4.60. The molecule has 0 bridgehead atoms. The fourth-order valence-electron chi connectivity index (χ4n) is 2.04. The van der Waals surface area contributed by atoms with Crippen LogP contribution >= 0.6 is 23.2 Å². The van der Waals surface area contributed by atoms with Crippen molar-refractivity contribution in [2.45, 2.75) is 12.6 Å². The number of anilines is 1. The lowest BCUT2D eigenvalue weighted by molar-refractivity contribution is 0.687. The van der Waals surface area contributed by atoms with Crippen LogP contribution in [0.15, 0.2) is 48.5 Å². The maximum Gasteiger partial charge on any atom is 0.0904 e. The van der Waals surface area contributed by atoms with Crippen LogP contribution in [0.2, 0.25) is 5.02 Å². The van der Waals surface area contributed by atoms with E-state index in [1.54, 1.807) is 0 Å². The molecule has 2 aromatic rings. The normalized spacial score (nSPS) is 12.2. The molecule has 0 spiro atoms. The summed E-state index contributed by atoms with van der Waals surface area (Å²) in [6.07, 6.45) is 0.870. The van der Waals surface area contributed by atoms with Crippen molar-refractivity contribution in [2.24, 2.45) is 0 Å². The Labute approximate surface area is 130 Å². The fraction of sp³-hybridized carbons (Fsp3) is 0.250. The summed E-state index contributed by atoms with van der Waals surface area (Å²) in [5.74, 6) is 0.490. The van der Waals surface area contributed by atoms with E-state index in [2.05, 4.69) is 22.8 Å². The molecule has 20 heavy (non-hydrogen) atoms. The summed E-state index contributed by atoms with van der Waals surface area (Å²) in [4.78, 5) is 0. The standard InChI is InChI=1S/C16H18Cl2N2/c1-19-16(11-17)20-15-8-7-14(18)10-13(15)9-12-5-3-2-4-6-12/h2-8,10,16,19-20H,9,11H2,1H3. The summed E-state index contributed by atoms with van der Waals surface area (Å²) in [5.41, 5.74) is 3.47. The van der Waals surface area contributed by atoms with Crippen LogP contribution < -0.4 is 10.6 Å². The number of benzene rings is 2. The lowest BCUT2D eigenvalue weighted by Crippen LogP contribution is -2.35. The second kappa shape index (κ2) is 7.53. The minimum atomic E-state index is 0.0346. The average Bonchev–Trinajstić information content (AvgIpc) is 2.48. The van der Waals surface area contributed by atoms with Crippen LogP contribution in [0.1, 0.15) is 11.1 Å². The molecule has 0 amide bonds. The molecule has 1 unspecified atom stereocenters. The lowest BCUT2D eigenvalue weighted by atomic mass is 10.0. The van der Waals surface area contributed by atoms with E-state index in [9.17, 15) is 0 Å². The summed E-state index contributed by atoms with van der Waals surface area (Å²) in [5, 5.41) is 7.27. The quantitative estimate of drug-likeness (QED) is 0.619. The summed E-state index contributed by atoms with van der Waals surface area (Å²) >= 11 is 12.0. The van der Waals surface area contributed by atoms with Gasteiger partial charge in [0.15, 0.2) is 0 Å². The topological polar surface area (TPSA) is 24.1 Å². The van der Waals surface area contributed by atoms with Gasteiger partial charge in [0, 0.05) is 10.7 Å². The average molecular weight is 309 g/mol. The number of hydrogen-bond donors (Lipinski definition) is 2. The third kappa shape index (κ3) is 4.14. The van der Waals surface area contributed by atoms with Crippen molar-refractivity contribution in [3.05, 3.63) is 64.7 Å². The van der Waals surface area contributed by atoms with Gasteiger partial charge in [-0.3, -0.25) is 5.32 Å². The molecule has 2 rings (SSSR count). The van der Waals surface area contributed by atoms with E-state index in [4.69, 9.17) is 23.2 Å². The predicted octanol–water partition coefficient (Wildman–Crippen LogP) is 4.13. The minimum absolute atomic E-state index is 0.0346. The van der Waals surface area contributed by atoms with Crippen LogP contribution in [0, 0.1) is 0 Å². The number of hydrogen-bond acceptors (Lipinski definition) is 2. The van der Waals surface area contributed by atoms with E-state index in [0.717, 1.165) is 22.7 Å². The molecule has 2 aromatic carbocycles. The van der Waals surface area contributed by atoms with Gasteiger partial charge in [0.05, 0.1) is 12.0 Å². The first-order valence-corrected chi connectivity index (χ1v) is 7.46. The van der Waals surface area contributed by atoms with Crippen molar-refractivity contribution in [3.63, 3.8) is 0 Å². The van der Waals surface area contributed by atoms with Crippen LogP contribution in [0.5, 0.6) is 0 Å². The summed E-state index contributed by atoms with van der Waals surface area (Å²) < 4.78 is 0. The molecule has 0 saturated carbocycles. The molecule has 0 radical (unpaired) electrons. The van der Waals surface area contributed by atoms with Gasteiger partial charge < -0.3 is 5.32 Å². The molecule has 1 atom stereocenters. The first-order valence-electron chi connectivity index (χ1n) is 6.55. The Morgan fingerprint density at radius 2 is 1.85 bits per heavy atom. The molecule has 0 aliphatic rings. The van der Waals surface area contributed by atoms with Crippen LogP contribution in [-0.2, 0) is 6.42 Å². The SMILES string of the molecule is CNC(CCl)Nc1ccc(Cl)cc1Cc1ccccc1. The molecule has 106 valence electrons. The fourth-order valence-corrected chi connectivity index (χ4v) is 2.47. The Morgan fingerprint density at radius 1 is 1.10 bits per heavy atom. The highest BCUT2D eigenvalue weighted by Gasteiger charge is 2.09. The van der Waals surface area contributed by atoms with Gasteiger partial charge in [-0.05, 0) is 42.8 Å². The first-order chi connectivity index (χ1) is 9.72. The minimum Gasteiger partial charge on any atom is -0.369 e. The van der Waals surface area contributed by atoms with Gasteiger partial charge in [0.1, 0.15) is 0 Å². The van der Waals surface area contributed by atoms with Gasteiger partial charge in [-0.2, -0.15) is 0 Å². The number of nitrogens with one attached hydrogen (secondary N) is 2. The van der Waals surface area contributed by atoms with E-state index in [1.165, 1.54) is 5.56 Å². The monoisotopic (exact) mass is 308 g/mol. The van der Waals surface area contributed by atoms with E-state index in [1.807, 2.05) is 43.4 Å². The summed E-state index contributed by atoms with van der Waals surface area (Å²) in [6, 6.07) is 16.2. The summed E-state index contributed by atoms with van der Waals surface area (Å²) in [6.45, 7) is 0. The third-order valence-corrected chi connectivity index (χ3v) is 3.68. The molecule has 0 aliphatic heterocycles. The molecule has 0 fully saturated rings. The molecule has 0 saturated heterocycles. The molecule has 4 heteroatoms. The van der Waals surface area contributed by atoms with Crippen molar-refractivity contribution >= 4 is 28.9 Å². The zero-order valence-electron chi connectivity index (χ0n) is 11.4.